The van der Waals surface area contributed by atoms with E-state index in [4.69, 9.17) is 17.0 Å². The molecule has 2 amide bonds. The van der Waals surface area contributed by atoms with Gasteiger partial charge in [0.05, 0.1) is 22.3 Å². The number of carbonyl (C=O) groups excluding carboxylic acids is 2. The third kappa shape index (κ3) is 7.11. The van der Waals surface area contributed by atoms with Crippen molar-refractivity contribution in [3.63, 3.8) is 0 Å². The van der Waals surface area contributed by atoms with Crippen LogP contribution in [0.25, 0.3) is 0 Å². The molecule has 0 aliphatic heterocycles. The highest BCUT2D eigenvalue weighted by molar-refractivity contribution is 9.10. The van der Waals surface area contributed by atoms with Gasteiger partial charge in [-0.2, -0.15) is 0 Å². The predicted molar refractivity (Wildman–Crippen MR) is 127 cm³/mol. The lowest BCUT2D eigenvalue weighted by atomic mass is 10.1. The molecule has 0 unspecified atom stereocenters. The highest BCUT2D eigenvalue weighted by Gasteiger charge is 2.14. The van der Waals surface area contributed by atoms with E-state index in [1.807, 2.05) is 0 Å². The molecule has 0 bridgehead atoms. The van der Waals surface area contributed by atoms with Crippen LogP contribution < -0.4 is 20.7 Å². The Bertz CT molecular complexity index is 905. The number of thiocarbonyl (C=S) groups is 1. The maximum Gasteiger partial charge on any atom is 0.257 e. The molecule has 6 nitrogen and oxygen atoms in total. The van der Waals surface area contributed by atoms with E-state index in [-0.39, 0.29) is 16.9 Å². The van der Waals surface area contributed by atoms with Crippen molar-refractivity contribution in [3.8, 4) is 5.75 Å². The fourth-order valence-electron chi connectivity index (χ4n) is 2.72. The third-order valence-electron chi connectivity index (χ3n) is 4.32. The van der Waals surface area contributed by atoms with Gasteiger partial charge in [-0.15, -0.1) is 0 Å². The van der Waals surface area contributed by atoms with Gasteiger partial charge in [0, 0.05) is 12.6 Å². The average molecular weight is 492 g/mol. The summed E-state index contributed by atoms with van der Waals surface area (Å²) in [4.78, 5) is 24.5. The summed E-state index contributed by atoms with van der Waals surface area (Å²) in [7, 11) is 1.55. The maximum absolute atomic E-state index is 12.5. The van der Waals surface area contributed by atoms with Crippen molar-refractivity contribution in [2.45, 2.75) is 32.6 Å². The molecule has 160 valence electrons. The fourth-order valence-corrected chi connectivity index (χ4v) is 3.42. The molecule has 0 saturated heterocycles. The monoisotopic (exact) mass is 491 g/mol. The number of amides is 2. The van der Waals surface area contributed by atoms with E-state index < -0.39 is 0 Å². The Balaban J connectivity index is 1.95. The second-order valence-electron chi connectivity index (χ2n) is 6.59. The molecule has 30 heavy (non-hydrogen) atoms. The molecule has 0 aromatic heterocycles. The van der Waals surface area contributed by atoms with Crippen LogP contribution in [0.2, 0.25) is 0 Å². The molecule has 0 atom stereocenters. The molecule has 0 radical (unpaired) electrons. The van der Waals surface area contributed by atoms with Crippen molar-refractivity contribution in [2.75, 3.05) is 19.0 Å². The van der Waals surface area contributed by atoms with Crippen LogP contribution in [0.3, 0.4) is 0 Å². The molecule has 8 heteroatoms. The van der Waals surface area contributed by atoms with Crippen LogP contribution in [0.5, 0.6) is 5.75 Å². The maximum atomic E-state index is 12.5. The first-order valence-electron chi connectivity index (χ1n) is 9.82. The van der Waals surface area contributed by atoms with Crippen molar-refractivity contribution in [2.24, 2.45) is 0 Å². The zero-order chi connectivity index (χ0) is 21.9. The van der Waals surface area contributed by atoms with Gasteiger partial charge in [0.15, 0.2) is 5.11 Å². The number of carbonyl (C=O) groups is 2. The van der Waals surface area contributed by atoms with Gasteiger partial charge in [-0.05, 0) is 64.9 Å². The Kier molecular flexibility index (Phi) is 9.76. The standard InChI is InChI=1S/C22H26BrN3O3S/c1-3-4-5-8-13-29-19-12-11-15(14-17(19)23)20(27)26-22(30)25-18-10-7-6-9-16(18)21(28)24-2/h6-7,9-12,14H,3-5,8,13H2,1-2H3,(H,24,28)(H2,25,26,27,30). The molecule has 0 fully saturated rings. The Morgan fingerprint density at radius 1 is 1.07 bits per heavy atom. The molecule has 3 N–H and O–H groups in total. The summed E-state index contributed by atoms with van der Waals surface area (Å²) < 4.78 is 6.47. The molecular formula is C22H26BrN3O3S. The lowest BCUT2D eigenvalue weighted by molar-refractivity contribution is 0.0961. The minimum atomic E-state index is -0.361. The lowest BCUT2D eigenvalue weighted by Crippen LogP contribution is -2.34. The van der Waals surface area contributed by atoms with Gasteiger partial charge in [0.25, 0.3) is 11.8 Å². The minimum Gasteiger partial charge on any atom is -0.492 e. The quantitative estimate of drug-likeness (QED) is 0.343. The number of para-hydroxylation sites is 1. The summed E-state index contributed by atoms with van der Waals surface area (Å²) >= 11 is 8.69. The first-order valence-corrected chi connectivity index (χ1v) is 11.0. The summed E-state index contributed by atoms with van der Waals surface area (Å²) in [5.41, 5.74) is 1.37. The van der Waals surface area contributed by atoms with Gasteiger partial charge in [0.1, 0.15) is 5.75 Å². The lowest BCUT2D eigenvalue weighted by Gasteiger charge is -2.13. The highest BCUT2D eigenvalue weighted by Crippen LogP contribution is 2.26. The number of anilines is 1. The van der Waals surface area contributed by atoms with Gasteiger partial charge in [-0.3, -0.25) is 14.9 Å². The highest BCUT2D eigenvalue weighted by atomic mass is 79.9. The van der Waals surface area contributed by atoms with Crippen molar-refractivity contribution >= 4 is 50.8 Å². The zero-order valence-corrected chi connectivity index (χ0v) is 19.5. The fraction of sp³-hybridized carbons (Fsp3) is 0.318. The Hall–Kier alpha value is -2.45. The van der Waals surface area contributed by atoms with E-state index in [9.17, 15) is 9.59 Å². The number of nitrogens with one attached hydrogen (secondary N) is 3. The summed E-state index contributed by atoms with van der Waals surface area (Å²) in [6.07, 6.45) is 4.52. The molecule has 0 aliphatic carbocycles. The van der Waals surface area contributed by atoms with Gasteiger partial charge in [-0.1, -0.05) is 38.3 Å². The molecule has 2 aromatic rings. The van der Waals surface area contributed by atoms with E-state index in [1.54, 1.807) is 49.5 Å². The molecule has 0 heterocycles. The number of halogens is 1. The predicted octanol–water partition coefficient (Wildman–Crippen LogP) is 4.89. The second kappa shape index (κ2) is 12.3. The normalized spacial score (nSPS) is 10.2. The molecule has 2 rings (SSSR count). The summed E-state index contributed by atoms with van der Waals surface area (Å²) in [6.45, 7) is 2.81. The largest absolute Gasteiger partial charge is 0.492 e. The van der Waals surface area contributed by atoms with Crippen molar-refractivity contribution < 1.29 is 14.3 Å². The first kappa shape index (κ1) is 23.8. The third-order valence-corrected chi connectivity index (χ3v) is 5.15. The Morgan fingerprint density at radius 3 is 2.53 bits per heavy atom. The van der Waals surface area contributed by atoms with Crippen LogP contribution >= 0.6 is 28.1 Å². The topological polar surface area (TPSA) is 79.5 Å². The molecule has 2 aromatic carbocycles. The molecular weight excluding hydrogens is 466 g/mol. The Morgan fingerprint density at radius 2 is 1.83 bits per heavy atom. The number of unbranched alkanes of at least 4 members (excludes halogenated alkanes) is 3. The van der Waals surface area contributed by atoms with Crippen LogP contribution in [0.1, 0.15) is 53.3 Å². The van der Waals surface area contributed by atoms with Crippen LogP contribution in [0.4, 0.5) is 5.69 Å². The van der Waals surface area contributed by atoms with E-state index >= 15 is 0 Å². The van der Waals surface area contributed by atoms with E-state index in [0.717, 1.165) is 12.8 Å². The van der Waals surface area contributed by atoms with Crippen LogP contribution in [-0.2, 0) is 0 Å². The number of ether oxygens (including phenoxy) is 1. The van der Waals surface area contributed by atoms with E-state index in [1.165, 1.54) is 12.8 Å². The number of benzene rings is 2. The summed E-state index contributed by atoms with van der Waals surface area (Å²) in [5, 5.41) is 8.20. The minimum absolute atomic E-state index is 0.101. The van der Waals surface area contributed by atoms with Crippen molar-refractivity contribution in [1.29, 1.82) is 0 Å². The van der Waals surface area contributed by atoms with Gasteiger partial charge >= 0.3 is 0 Å². The SMILES string of the molecule is CCCCCCOc1ccc(C(=O)NC(=S)Nc2ccccc2C(=O)NC)cc1Br. The van der Waals surface area contributed by atoms with E-state index in [0.29, 0.717) is 33.6 Å². The Labute approximate surface area is 190 Å². The molecule has 0 saturated carbocycles. The first-order chi connectivity index (χ1) is 14.5. The number of hydrogen-bond donors (Lipinski definition) is 3. The van der Waals surface area contributed by atoms with E-state index in [2.05, 4.69) is 38.8 Å². The van der Waals surface area contributed by atoms with Crippen LogP contribution in [0, 0.1) is 0 Å². The smallest absolute Gasteiger partial charge is 0.257 e. The summed E-state index contributed by atoms with van der Waals surface area (Å²) in [5.74, 6) is 0.0878. The van der Waals surface area contributed by atoms with Gasteiger partial charge < -0.3 is 15.4 Å². The number of rotatable bonds is 9. The number of hydrogen-bond acceptors (Lipinski definition) is 4. The van der Waals surface area contributed by atoms with Crippen molar-refractivity contribution in [1.82, 2.24) is 10.6 Å². The molecule has 0 aliphatic rings. The van der Waals surface area contributed by atoms with Crippen molar-refractivity contribution in [3.05, 3.63) is 58.1 Å². The zero-order valence-electron chi connectivity index (χ0n) is 17.1. The summed E-state index contributed by atoms with van der Waals surface area (Å²) in [6, 6.07) is 12.0. The van der Waals surface area contributed by atoms with Crippen LogP contribution in [-0.4, -0.2) is 30.6 Å². The van der Waals surface area contributed by atoms with Crippen LogP contribution in [0.15, 0.2) is 46.9 Å². The van der Waals surface area contributed by atoms with Gasteiger partial charge in [0.2, 0.25) is 0 Å². The van der Waals surface area contributed by atoms with Gasteiger partial charge in [-0.25, -0.2) is 0 Å². The molecule has 0 spiro atoms. The second-order valence-corrected chi connectivity index (χ2v) is 7.85. The average Bonchev–Trinajstić information content (AvgIpc) is 2.74.